The number of esters is 3. The molecule has 632 valence electrons. The van der Waals surface area contributed by atoms with E-state index in [0.717, 1.165) is 186 Å². The molecule has 5 atom stereocenters. The van der Waals surface area contributed by atoms with Crippen molar-refractivity contribution in [1.29, 1.82) is 0 Å². The third-order valence-corrected chi connectivity index (χ3v) is 19.5. The SMILES string of the molecule is CC/C=C\C/C=C\C/C=C\C/C=C\C/C=C\C/C=C\CCCCCCCCC(=O)OCC(COP(=O)(O)OCC(O)COP(=O)(O)OCC(O)COC(=O)CCCCCCCCCCCCCCC/C=C\C/C=C\C/C=C\C/C=C\CCCCC)OC(=O)CCCCCCC/C=C\C/C=C\C/C=C\C/C=C\C/C=C\CC. The molecule has 0 heterocycles. The molecule has 0 fully saturated rings. The van der Waals surface area contributed by atoms with Crippen LogP contribution in [0.5, 0.6) is 0 Å². The molecule has 0 aromatic rings. The largest absolute Gasteiger partial charge is 0.472 e. The number of hydrogen-bond donors (Lipinski definition) is 4. The zero-order valence-electron chi connectivity index (χ0n) is 69.3. The summed E-state index contributed by atoms with van der Waals surface area (Å²) in [4.78, 5) is 58.9. The maximum absolute atomic E-state index is 13.0. The lowest BCUT2D eigenvalue weighted by Crippen LogP contribution is -2.30. The van der Waals surface area contributed by atoms with Crippen LogP contribution < -0.4 is 0 Å². The van der Waals surface area contributed by atoms with E-state index in [1.54, 1.807) is 0 Å². The minimum atomic E-state index is -4.95. The Balaban J connectivity index is 4.67. The summed E-state index contributed by atoms with van der Waals surface area (Å²) < 4.78 is 61.3. The predicted molar refractivity (Wildman–Crippen MR) is 463 cm³/mol. The van der Waals surface area contributed by atoms with Crippen LogP contribution in [0, 0.1) is 0 Å². The number of hydrogen-bond acceptors (Lipinski definition) is 14. The molecule has 0 aromatic carbocycles. The fourth-order valence-electron chi connectivity index (χ4n) is 11.1. The van der Waals surface area contributed by atoms with E-state index in [-0.39, 0.29) is 19.3 Å². The number of rotatable bonds is 80. The number of aliphatic hydroxyl groups excluding tert-OH is 2. The van der Waals surface area contributed by atoms with E-state index in [0.29, 0.717) is 19.3 Å². The van der Waals surface area contributed by atoms with Gasteiger partial charge in [0.1, 0.15) is 25.4 Å². The van der Waals surface area contributed by atoms with Gasteiger partial charge in [0.15, 0.2) is 6.10 Å². The van der Waals surface area contributed by atoms with Gasteiger partial charge in [0.05, 0.1) is 26.4 Å². The molecule has 5 unspecified atom stereocenters. The second-order valence-corrected chi connectivity index (χ2v) is 31.1. The molecule has 0 rings (SSSR count). The molecule has 0 aliphatic carbocycles. The van der Waals surface area contributed by atoms with Crippen LogP contribution in [0.2, 0.25) is 0 Å². The Bertz CT molecular complexity index is 2750. The van der Waals surface area contributed by atoms with Crippen LogP contribution in [0.15, 0.2) is 182 Å². The van der Waals surface area contributed by atoms with Crippen molar-refractivity contribution in [3.63, 3.8) is 0 Å². The average Bonchev–Trinajstić information content (AvgIpc) is 0.903. The van der Waals surface area contributed by atoms with Gasteiger partial charge in [0.25, 0.3) is 0 Å². The van der Waals surface area contributed by atoms with Gasteiger partial charge in [-0.2, -0.15) is 0 Å². The number of aliphatic hydroxyl groups is 2. The van der Waals surface area contributed by atoms with E-state index in [1.807, 2.05) is 0 Å². The third-order valence-electron chi connectivity index (χ3n) is 17.6. The molecule has 16 nitrogen and oxygen atoms in total. The zero-order chi connectivity index (χ0) is 80.8. The Morgan fingerprint density at radius 3 is 0.757 bits per heavy atom. The molecule has 0 spiro atoms. The quantitative estimate of drug-likeness (QED) is 0.0146. The maximum Gasteiger partial charge on any atom is 0.472 e. The average molecular weight is 1590 g/mol. The number of ether oxygens (including phenoxy) is 3. The van der Waals surface area contributed by atoms with Crippen molar-refractivity contribution in [2.24, 2.45) is 0 Å². The zero-order valence-corrected chi connectivity index (χ0v) is 71.1. The van der Waals surface area contributed by atoms with Gasteiger partial charge in [-0.05, 0) is 161 Å². The number of phosphoric acid groups is 2. The van der Waals surface area contributed by atoms with E-state index in [4.69, 9.17) is 32.3 Å². The third kappa shape index (κ3) is 85.4. The molecule has 4 N–H and O–H groups in total. The van der Waals surface area contributed by atoms with Crippen molar-refractivity contribution in [2.45, 2.75) is 347 Å². The number of phosphoric ester groups is 2. The normalized spacial score (nSPS) is 14.8. The summed E-state index contributed by atoms with van der Waals surface area (Å²) in [6.45, 7) is 2.39. The fraction of sp³-hybridized carbons (Fsp3) is 0.645. The molecule has 0 saturated carbocycles. The van der Waals surface area contributed by atoms with E-state index in [2.05, 4.69) is 203 Å². The molecule has 0 aliphatic rings. The Morgan fingerprint density at radius 2 is 0.477 bits per heavy atom. The number of unbranched alkanes of at least 4 members (excludes halogenated alkanes) is 27. The van der Waals surface area contributed by atoms with Gasteiger partial charge in [-0.1, -0.05) is 331 Å². The first kappa shape index (κ1) is 106. The molecule has 0 radical (unpaired) electrons. The highest BCUT2D eigenvalue weighted by Gasteiger charge is 2.29. The van der Waals surface area contributed by atoms with Crippen molar-refractivity contribution in [1.82, 2.24) is 0 Å². The van der Waals surface area contributed by atoms with Crippen molar-refractivity contribution in [2.75, 3.05) is 39.6 Å². The second-order valence-electron chi connectivity index (χ2n) is 28.2. The van der Waals surface area contributed by atoms with Gasteiger partial charge in [-0.25, -0.2) is 9.13 Å². The Kier molecular flexibility index (Phi) is 80.0. The lowest BCUT2D eigenvalue weighted by Gasteiger charge is -2.21. The Labute approximate surface area is 675 Å². The molecular formula is C93H154O16P2. The molecule has 0 aromatic heterocycles. The van der Waals surface area contributed by atoms with Gasteiger partial charge >= 0.3 is 33.6 Å². The van der Waals surface area contributed by atoms with Gasteiger partial charge in [-0.15, -0.1) is 0 Å². The van der Waals surface area contributed by atoms with Gasteiger partial charge < -0.3 is 34.2 Å². The maximum atomic E-state index is 13.0. The highest BCUT2D eigenvalue weighted by atomic mass is 31.2. The summed E-state index contributed by atoms with van der Waals surface area (Å²) in [7, 11) is -9.82. The summed E-state index contributed by atoms with van der Waals surface area (Å²) in [6.07, 6.45) is 109. The molecule has 0 bridgehead atoms. The number of carbonyl (C=O) groups excluding carboxylic acids is 3. The Morgan fingerprint density at radius 1 is 0.261 bits per heavy atom. The van der Waals surface area contributed by atoms with Crippen molar-refractivity contribution in [3.05, 3.63) is 182 Å². The van der Waals surface area contributed by atoms with Crippen molar-refractivity contribution >= 4 is 33.6 Å². The standard InChI is InChI=1S/C93H154O16P2/c1-4-7-10-13-16-19-22-25-28-31-34-37-39-41-42-43-44-46-48-50-52-55-58-61-64-67-70-73-76-79-91(96)103-82-88(94)83-105-110(99,100)106-84-89(95)85-107-111(101,102)108-87-90(109-93(98)81-78-75-72-69-66-63-60-57-54-49-36-33-30-27-24-21-18-15-12-9-6-3)86-104-92(97)80-77-74-71-68-65-62-59-56-53-51-47-45-40-38-35-32-29-26-23-20-17-14-11-8-5-2/h8-9,11-12,16-21,25-30,34-38,41-42,45,47,49,53,56-57,60,88-90,94-95H,4-7,10,13-15,22-24,31-33,39-40,43-44,46,48,50-52,54-55,58-59,61-87H2,1-3H3,(H,99,100)(H,101,102)/b11-8-,12-9-,19-16-,20-17-,21-18-,28-25-,29-26-,30-27-,37-34-,38-35-,42-41-,47-45-,49-36-,56-53-,60-57-. The van der Waals surface area contributed by atoms with E-state index in [1.165, 1.54) is 83.5 Å². The summed E-state index contributed by atoms with van der Waals surface area (Å²) in [5, 5.41) is 20.7. The van der Waals surface area contributed by atoms with Crippen molar-refractivity contribution in [3.8, 4) is 0 Å². The van der Waals surface area contributed by atoms with Crippen LogP contribution in [0.3, 0.4) is 0 Å². The van der Waals surface area contributed by atoms with Crippen LogP contribution >= 0.6 is 15.6 Å². The summed E-state index contributed by atoms with van der Waals surface area (Å²) in [5.74, 6) is -1.62. The molecule has 0 aliphatic heterocycles. The van der Waals surface area contributed by atoms with Gasteiger partial charge in [-0.3, -0.25) is 32.5 Å². The van der Waals surface area contributed by atoms with Crippen LogP contribution in [0.4, 0.5) is 0 Å². The lowest BCUT2D eigenvalue weighted by molar-refractivity contribution is -0.161. The summed E-state index contributed by atoms with van der Waals surface area (Å²) >= 11 is 0. The smallest absolute Gasteiger partial charge is 0.463 e. The highest BCUT2D eigenvalue weighted by molar-refractivity contribution is 7.47. The fourth-order valence-corrected chi connectivity index (χ4v) is 12.7. The first-order chi connectivity index (χ1) is 54.2. The van der Waals surface area contributed by atoms with E-state index in [9.17, 15) is 43.5 Å². The first-order valence-electron chi connectivity index (χ1n) is 43.1. The highest BCUT2D eigenvalue weighted by Crippen LogP contribution is 2.45. The van der Waals surface area contributed by atoms with Gasteiger partial charge in [0.2, 0.25) is 0 Å². The predicted octanol–water partition coefficient (Wildman–Crippen LogP) is 26.1. The van der Waals surface area contributed by atoms with E-state index < -0.39 is 91.5 Å². The molecule has 18 heteroatoms. The first-order valence-corrected chi connectivity index (χ1v) is 46.1. The molecule has 0 amide bonds. The van der Waals surface area contributed by atoms with Gasteiger partial charge in [0, 0.05) is 19.3 Å². The minimum absolute atomic E-state index is 0.0716. The van der Waals surface area contributed by atoms with Crippen LogP contribution in [0.25, 0.3) is 0 Å². The topological polar surface area (TPSA) is 231 Å². The number of allylic oxidation sites excluding steroid dienone is 30. The number of carbonyl (C=O) groups is 3. The molecule has 111 heavy (non-hydrogen) atoms. The monoisotopic (exact) mass is 1590 g/mol. The Hall–Kier alpha value is -5.35. The molecular weight excluding hydrogens is 1430 g/mol. The second kappa shape index (κ2) is 84.1. The van der Waals surface area contributed by atoms with E-state index >= 15 is 0 Å². The minimum Gasteiger partial charge on any atom is -0.463 e. The lowest BCUT2D eigenvalue weighted by atomic mass is 10.0. The van der Waals surface area contributed by atoms with Crippen LogP contribution in [0.1, 0.15) is 329 Å². The molecule has 0 saturated heterocycles. The van der Waals surface area contributed by atoms with Crippen molar-refractivity contribution < 1.29 is 75.8 Å². The summed E-state index contributed by atoms with van der Waals surface area (Å²) in [5.41, 5.74) is 0. The van der Waals surface area contributed by atoms with Crippen LogP contribution in [-0.4, -0.2) is 95.9 Å². The van der Waals surface area contributed by atoms with Crippen LogP contribution in [-0.2, 0) is 55.8 Å². The summed E-state index contributed by atoms with van der Waals surface area (Å²) in [6, 6.07) is 0.